The van der Waals surface area contributed by atoms with Gasteiger partial charge in [0.15, 0.2) is 0 Å². The minimum absolute atomic E-state index is 0.0339. The van der Waals surface area contributed by atoms with Gasteiger partial charge in [0.05, 0.1) is 6.61 Å². The highest BCUT2D eigenvalue weighted by molar-refractivity contribution is 5.36. The molecule has 0 radical (unpaired) electrons. The van der Waals surface area contributed by atoms with Gasteiger partial charge in [0.25, 0.3) is 0 Å². The second-order valence-corrected chi connectivity index (χ2v) is 5.00. The maximum Gasteiger partial charge on any atom is 0.124 e. The summed E-state index contributed by atoms with van der Waals surface area (Å²) in [7, 11) is 0. The van der Waals surface area contributed by atoms with E-state index in [1.54, 1.807) is 0 Å². The van der Waals surface area contributed by atoms with E-state index in [2.05, 4.69) is 13.0 Å². The van der Waals surface area contributed by atoms with Crippen LogP contribution < -0.4 is 10.5 Å². The number of para-hydroxylation sites is 1. The second-order valence-electron chi connectivity index (χ2n) is 5.00. The number of benzene rings is 1. The topological polar surface area (TPSA) is 44.5 Å². The second kappa shape index (κ2) is 6.21. The fraction of sp³-hybridized carbons (Fsp3) is 0.600. The summed E-state index contributed by atoms with van der Waals surface area (Å²) in [6.07, 6.45) is 1.03. The Morgan fingerprint density at radius 1 is 1.44 bits per heavy atom. The number of hydrogen-bond donors (Lipinski definition) is 1. The first-order valence-electron chi connectivity index (χ1n) is 6.79. The van der Waals surface area contributed by atoms with Crippen molar-refractivity contribution in [2.24, 2.45) is 17.6 Å². The molecule has 3 nitrogen and oxygen atoms in total. The van der Waals surface area contributed by atoms with Crippen LogP contribution in [0.5, 0.6) is 5.75 Å². The van der Waals surface area contributed by atoms with Crippen molar-refractivity contribution in [3.63, 3.8) is 0 Å². The molecule has 1 aromatic rings. The van der Waals surface area contributed by atoms with Crippen LogP contribution in [0.3, 0.4) is 0 Å². The van der Waals surface area contributed by atoms with Crippen molar-refractivity contribution in [1.82, 2.24) is 0 Å². The molecule has 2 rings (SSSR count). The van der Waals surface area contributed by atoms with Gasteiger partial charge in [-0.25, -0.2) is 0 Å². The van der Waals surface area contributed by atoms with Gasteiger partial charge in [0.1, 0.15) is 5.75 Å². The van der Waals surface area contributed by atoms with Gasteiger partial charge in [-0.15, -0.1) is 0 Å². The van der Waals surface area contributed by atoms with E-state index in [1.165, 1.54) is 0 Å². The molecular formula is C15H23NO2. The fourth-order valence-electron chi connectivity index (χ4n) is 2.70. The van der Waals surface area contributed by atoms with Crippen LogP contribution in [0.25, 0.3) is 0 Å². The normalized spacial score (nSPS) is 25.7. The fourth-order valence-corrected chi connectivity index (χ4v) is 2.70. The van der Waals surface area contributed by atoms with Crippen molar-refractivity contribution >= 4 is 0 Å². The summed E-state index contributed by atoms with van der Waals surface area (Å²) in [5, 5.41) is 0. The quantitative estimate of drug-likeness (QED) is 0.892. The van der Waals surface area contributed by atoms with Crippen LogP contribution in [0.4, 0.5) is 0 Å². The average Bonchev–Trinajstić information content (AvgIpc) is 2.40. The van der Waals surface area contributed by atoms with Crippen LogP contribution in [-0.4, -0.2) is 19.8 Å². The molecule has 1 fully saturated rings. The summed E-state index contributed by atoms with van der Waals surface area (Å²) in [5.74, 6) is 1.90. The molecule has 0 saturated carbocycles. The molecule has 0 amide bonds. The Balaban J connectivity index is 2.19. The Bertz CT molecular complexity index is 381. The highest BCUT2D eigenvalue weighted by Gasteiger charge is 2.29. The smallest absolute Gasteiger partial charge is 0.124 e. The Kier molecular flexibility index (Phi) is 4.61. The zero-order valence-corrected chi connectivity index (χ0v) is 11.3. The molecule has 0 bridgehead atoms. The molecule has 0 spiro atoms. The number of rotatable bonds is 4. The maximum absolute atomic E-state index is 6.46. The zero-order valence-electron chi connectivity index (χ0n) is 11.3. The summed E-state index contributed by atoms with van der Waals surface area (Å²) >= 11 is 0. The molecule has 1 aromatic carbocycles. The van der Waals surface area contributed by atoms with Crippen LogP contribution in [-0.2, 0) is 4.74 Å². The lowest BCUT2D eigenvalue weighted by molar-refractivity contribution is 0.0151. The van der Waals surface area contributed by atoms with Crippen LogP contribution in [0.15, 0.2) is 24.3 Å². The van der Waals surface area contributed by atoms with E-state index in [9.17, 15) is 0 Å². The molecule has 1 aliphatic heterocycles. The van der Waals surface area contributed by atoms with E-state index in [0.717, 1.165) is 30.9 Å². The molecule has 18 heavy (non-hydrogen) atoms. The summed E-state index contributed by atoms with van der Waals surface area (Å²) < 4.78 is 11.2. The first kappa shape index (κ1) is 13.4. The molecular weight excluding hydrogens is 226 g/mol. The van der Waals surface area contributed by atoms with E-state index in [-0.39, 0.29) is 6.04 Å². The molecule has 3 atom stereocenters. The van der Waals surface area contributed by atoms with Gasteiger partial charge < -0.3 is 15.2 Å². The summed E-state index contributed by atoms with van der Waals surface area (Å²) in [6, 6.07) is 8.14. The average molecular weight is 249 g/mol. The Morgan fingerprint density at radius 2 is 2.22 bits per heavy atom. The summed E-state index contributed by atoms with van der Waals surface area (Å²) in [5.41, 5.74) is 7.58. The molecule has 100 valence electrons. The van der Waals surface area contributed by atoms with Crippen molar-refractivity contribution in [2.45, 2.75) is 26.3 Å². The SMILES string of the molecule is CCOc1ccccc1C(N)C1CCOCC1C. The first-order valence-corrected chi connectivity index (χ1v) is 6.79. The lowest BCUT2D eigenvalue weighted by atomic mass is 9.81. The van der Waals surface area contributed by atoms with Gasteiger partial charge >= 0.3 is 0 Å². The third kappa shape index (κ3) is 2.85. The Morgan fingerprint density at radius 3 is 2.94 bits per heavy atom. The highest BCUT2D eigenvalue weighted by Crippen LogP contribution is 2.35. The van der Waals surface area contributed by atoms with Crippen molar-refractivity contribution in [3.05, 3.63) is 29.8 Å². The molecule has 1 aliphatic rings. The van der Waals surface area contributed by atoms with Crippen LogP contribution in [0.1, 0.15) is 31.9 Å². The monoisotopic (exact) mass is 249 g/mol. The molecule has 3 unspecified atom stereocenters. The van der Waals surface area contributed by atoms with Crippen LogP contribution in [0, 0.1) is 11.8 Å². The van der Waals surface area contributed by atoms with E-state index in [4.69, 9.17) is 15.2 Å². The number of nitrogens with two attached hydrogens (primary N) is 1. The number of ether oxygens (including phenoxy) is 2. The minimum Gasteiger partial charge on any atom is -0.494 e. The Hall–Kier alpha value is -1.06. The van der Waals surface area contributed by atoms with E-state index >= 15 is 0 Å². The molecule has 1 heterocycles. The Labute approximate surface area is 109 Å². The predicted octanol–water partition coefficient (Wildman–Crippen LogP) is 2.76. The third-order valence-electron chi connectivity index (χ3n) is 3.75. The number of hydrogen-bond acceptors (Lipinski definition) is 3. The lowest BCUT2D eigenvalue weighted by Gasteiger charge is -2.34. The van der Waals surface area contributed by atoms with Gasteiger partial charge in [-0.3, -0.25) is 0 Å². The minimum atomic E-state index is 0.0339. The molecule has 0 aliphatic carbocycles. The van der Waals surface area contributed by atoms with Crippen LogP contribution >= 0.6 is 0 Å². The first-order chi connectivity index (χ1) is 8.74. The van der Waals surface area contributed by atoms with Crippen LogP contribution in [0.2, 0.25) is 0 Å². The van der Waals surface area contributed by atoms with Gasteiger partial charge in [-0.05, 0) is 31.2 Å². The third-order valence-corrected chi connectivity index (χ3v) is 3.75. The van der Waals surface area contributed by atoms with Crippen molar-refractivity contribution < 1.29 is 9.47 Å². The van der Waals surface area contributed by atoms with Crippen molar-refractivity contribution in [3.8, 4) is 5.75 Å². The maximum atomic E-state index is 6.46. The zero-order chi connectivity index (χ0) is 13.0. The highest BCUT2D eigenvalue weighted by atomic mass is 16.5. The molecule has 3 heteroatoms. The van der Waals surface area contributed by atoms with Gasteiger partial charge in [0, 0.05) is 24.8 Å². The van der Waals surface area contributed by atoms with Crippen molar-refractivity contribution in [1.29, 1.82) is 0 Å². The van der Waals surface area contributed by atoms with Gasteiger partial charge in [-0.1, -0.05) is 25.1 Å². The molecule has 2 N–H and O–H groups in total. The lowest BCUT2D eigenvalue weighted by Crippen LogP contribution is -2.34. The van der Waals surface area contributed by atoms with E-state index in [1.807, 2.05) is 25.1 Å². The largest absolute Gasteiger partial charge is 0.494 e. The standard InChI is InChI=1S/C15H23NO2/c1-3-18-14-7-5-4-6-13(14)15(16)12-8-9-17-10-11(12)2/h4-7,11-12,15H,3,8-10,16H2,1-2H3. The van der Waals surface area contributed by atoms with Crippen molar-refractivity contribution in [2.75, 3.05) is 19.8 Å². The van der Waals surface area contributed by atoms with E-state index < -0.39 is 0 Å². The van der Waals surface area contributed by atoms with Gasteiger partial charge in [-0.2, -0.15) is 0 Å². The predicted molar refractivity (Wildman–Crippen MR) is 72.6 cm³/mol. The molecule has 0 aromatic heterocycles. The summed E-state index contributed by atoms with van der Waals surface area (Å²) in [6.45, 7) is 6.52. The summed E-state index contributed by atoms with van der Waals surface area (Å²) in [4.78, 5) is 0. The van der Waals surface area contributed by atoms with E-state index in [0.29, 0.717) is 18.4 Å². The molecule has 1 saturated heterocycles. The van der Waals surface area contributed by atoms with Gasteiger partial charge in [0.2, 0.25) is 0 Å².